The molecule has 2 aromatic carbocycles. The number of aromatic carboxylic acids is 1. The van der Waals surface area contributed by atoms with Gasteiger partial charge in [0.2, 0.25) is 5.82 Å². The van der Waals surface area contributed by atoms with E-state index in [-0.39, 0.29) is 9.70 Å². The molecule has 0 bridgehead atoms. The molecule has 0 saturated carbocycles. The number of anilines is 1. The molecule has 0 aliphatic heterocycles. The molecule has 2 N–H and O–H groups in total. The summed E-state index contributed by atoms with van der Waals surface area (Å²) in [5.41, 5.74) is -3.23. The number of hydrogen-bond acceptors (Lipinski definition) is 5. The van der Waals surface area contributed by atoms with Gasteiger partial charge in [0.25, 0.3) is 12.3 Å². The number of amides is 1. The Balaban J connectivity index is 2.16. The van der Waals surface area contributed by atoms with Crippen LogP contribution in [0, 0.1) is 11.6 Å². The zero-order valence-corrected chi connectivity index (χ0v) is 18.2. The number of ether oxygens (including phenoxy) is 1. The number of carboxylic acids is 1. The van der Waals surface area contributed by atoms with Gasteiger partial charge in [-0.05, 0) is 18.2 Å². The number of halogens is 6. The Hall–Kier alpha value is -3.94. The van der Waals surface area contributed by atoms with Crippen molar-refractivity contribution in [3.8, 4) is 11.4 Å². The van der Waals surface area contributed by atoms with Crippen LogP contribution < -0.4 is 15.7 Å². The first kappa shape index (κ1) is 25.7. The highest BCUT2D eigenvalue weighted by Gasteiger charge is 2.28. The standard InChI is InChI=1S/C20H14ClF5N4O5/c1-29-17(19(32)33)28-30(20(29)34)12-6-13(35-14(7-22)16(25)26)8(5-11(12)24)18(31)27-15-9(21)3-2-4-10(15)23/h2-6,14,16H,7H2,1H3,(H,27,31)(H,32,33)/t14-/m0/s1. The van der Waals surface area contributed by atoms with Crippen LogP contribution in [0.15, 0.2) is 35.1 Å². The second kappa shape index (κ2) is 10.1. The number of nitrogens with zero attached hydrogens (tertiary/aromatic N) is 3. The maximum Gasteiger partial charge on any atom is 0.374 e. The van der Waals surface area contributed by atoms with Crippen molar-refractivity contribution in [1.82, 2.24) is 14.3 Å². The number of hydrogen-bond donors (Lipinski definition) is 2. The Morgan fingerprint density at radius 3 is 2.46 bits per heavy atom. The summed E-state index contributed by atoms with van der Waals surface area (Å²) < 4.78 is 74.1. The van der Waals surface area contributed by atoms with Gasteiger partial charge in [0, 0.05) is 13.1 Å². The van der Waals surface area contributed by atoms with Crippen LogP contribution in [-0.2, 0) is 7.05 Å². The molecule has 9 nitrogen and oxygen atoms in total. The quantitative estimate of drug-likeness (QED) is 0.440. The van der Waals surface area contributed by atoms with Crippen molar-refractivity contribution in [3.05, 3.63) is 68.9 Å². The number of para-hydroxylation sites is 1. The third-order valence-corrected chi connectivity index (χ3v) is 4.92. The lowest BCUT2D eigenvalue weighted by molar-refractivity contribution is -0.00159. The molecule has 0 fully saturated rings. The van der Waals surface area contributed by atoms with Crippen LogP contribution in [-0.4, -0.2) is 50.5 Å². The molecule has 35 heavy (non-hydrogen) atoms. The Morgan fingerprint density at radius 1 is 1.23 bits per heavy atom. The molecule has 0 unspecified atom stereocenters. The molecule has 3 aromatic rings. The lowest BCUT2D eigenvalue weighted by Gasteiger charge is -2.19. The highest BCUT2D eigenvalue weighted by Crippen LogP contribution is 2.30. The number of benzene rings is 2. The summed E-state index contributed by atoms with van der Waals surface area (Å²) in [4.78, 5) is 36.3. The van der Waals surface area contributed by atoms with Crippen LogP contribution in [0.5, 0.6) is 5.75 Å². The Labute approximate surface area is 197 Å². The van der Waals surface area contributed by atoms with Crippen molar-refractivity contribution in [1.29, 1.82) is 0 Å². The Bertz CT molecular complexity index is 1340. The molecule has 15 heteroatoms. The van der Waals surface area contributed by atoms with E-state index in [2.05, 4.69) is 5.10 Å². The van der Waals surface area contributed by atoms with Crippen molar-refractivity contribution in [2.45, 2.75) is 12.5 Å². The fourth-order valence-electron chi connectivity index (χ4n) is 2.87. The van der Waals surface area contributed by atoms with Crippen molar-refractivity contribution in [2.24, 2.45) is 7.05 Å². The van der Waals surface area contributed by atoms with E-state index in [0.29, 0.717) is 16.7 Å². The van der Waals surface area contributed by atoms with Gasteiger partial charge < -0.3 is 15.2 Å². The summed E-state index contributed by atoms with van der Waals surface area (Å²) in [6, 6.07) is 4.44. The molecular formula is C20H14ClF5N4O5. The van der Waals surface area contributed by atoms with Crippen LogP contribution in [0.2, 0.25) is 5.02 Å². The number of carbonyl (C=O) groups excluding carboxylic acids is 1. The highest BCUT2D eigenvalue weighted by atomic mass is 35.5. The lowest BCUT2D eigenvalue weighted by atomic mass is 10.1. The molecule has 1 aromatic heterocycles. The average Bonchev–Trinajstić information content (AvgIpc) is 3.09. The molecule has 1 heterocycles. The second-order valence-electron chi connectivity index (χ2n) is 6.88. The molecule has 0 aliphatic carbocycles. The molecular weight excluding hydrogens is 507 g/mol. The number of rotatable bonds is 8. The Morgan fingerprint density at radius 2 is 1.91 bits per heavy atom. The summed E-state index contributed by atoms with van der Waals surface area (Å²) in [7, 11) is 1.03. The van der Waals surface area contributed by atoms with Crippen molar-refractivity contribution in [3.63, 3.8) is 0 Å². The third kappa shape index (κ3) is 5.11. The van der Waals surface area contributed by atoms with Gasteiger partial charge in [0.15, 0.2) is 6.10 Å². The van der Waals surface area contributed by atoms with Gasteiger partial charge in [-0.2, -0.15) is 4.68 Å². The van der Waals surface area contributed by atoms with E-state index in [0.717, 1.165) is 13.1 Å². The van der Waals surface area contributed by atoms with E-state index in [9.17, 15) is 36.3 Å². The monoisotopic (exact) mass is 520 g/mol. The van der Waals surface area contributed by atoms with Crippen molar-refractivity contribution in [2.75, 3.05) is 12.0 Å². The predicted molar refractivity (Wildman–Crippen MR) is 111 cm³/mol. The van der Waals surface area contributed by atoms with Crippen molar-refractivity contribution >= 4 is 29.2 Å². The van der Waals surface area contributed by atoms with E-state index in [1.54, 1.807) is 0 Å². The van der Waals surface area contributed by atoms with Gasteiger partial charge in [-0.3, -0.25) is 9.36 Å². The topological polar surface area (TPSA) is 115 Å². The molecule has 3 rings (SSSR count). The van der Waals surface area contributed by atoms with Gasteiger partial charge in [0.05, 0.1) is 16.3 Å². The third-order valence-electron chi connectivity index (χ3n) is 4.61. The fraction of sp³-hybridized carbons (Fsp3) is 0.200. The molecule has 0 radical (unpaired) electrons. The Kier molecular flexibility index (Phi) is 7.43. The van der Waals surface area contributed by atoms with Crippen LogP contribution >= 0.6 is 11.6 Å². The van der Waals surface area contributed by atoms with Gasteiger partial charge in [-0.15, -0.1) is 5.10 Å². The van der Waals surface area contributed by atoms with Gasteiger partial charge in [-0.1, -0.05) is 17.7 Å². The second-order valence-corrected chi connectivity index (χ2v) is 7.28. The minimum Gasteiger partial charge on any atom is -0.481 e. The average molecular weight is 521 g/mol. The molecule has 0 spiro atoms. The predicted octanol–water partition coefficient (Wildman–Crippen LogP) is 3.44. The summed E-state index contributed by atoms with van der Waals surface area (Å²) in [5, 5.41) is 14.4. The number of alkyl halides is 3. The summed E-state index contributed by atoms with van der Waals surface area (Å²) in [6.07, 6.45) is -5.77. The summed E-state index contributed by atoms with van der Waals surface area (Å²) >= 11 is 5.84. The van der Waals surface area contributed by atoms with Crippen LogP contribution in [0.4, 0.5) is 27.6 Å². The highest BCUT2D eigenvalue weighted by molar-refractivity contribution is 6.34. The smallest absolute Gasteiger partial charge is 0.374 e. The van der Waals surface area contributed by atoms with Gasteiger partial charge in [-0.25, -0.2) is 31.5 Å². The summed E-state index contributed by atoms with van der Waals surface area (Å²) in [6.45, 7) is -1.71. The molecule has 1 atom stereocenters. The van der Waals surface area contributed by atoms with Gasteiger partial charge >= 0.3 is 11.7 Å². The molecule has 186 valence electrons. The maximum atomic E-state index is 15.0. The SMILES string of the molecule is Cn1c(C(=O)O)nn(-c2cc(O[C@@H](CF)C(F)F)c(C(=O)Nc3c(F)cccc3Cl)cc2F)c1=O. The van der Waals surface area contributed by atoms with E-state index in [1.165, 1.54) is 12.1 Å². The maximum absolute atomic E-state index is 15.0. The number of aromatic nitrogens is 3. The van der Waals surface area contributed by atoms with Crippen LogP contribution in [0.3, 0.4) is 0 Å². The van der Waals surface area contributed by atoms with Crippen LogP contribution in [0.1, 0.15) is 21.0 Å². The van der Waals surface area contributed by atoms with Gasteiger partial charge in [0.1, 0.15) is 29.7 Å². The zero-order valence-electron chi connectivity index (χ0n) is 17.4. The van der Waals surface area contributed by atoms with E-state index < -0.39 is 76.9 Å². The first-order chi connectivity index (χ1) is 16.5. The summed E-state index contributed by atoms with van der Waals surface area (Å²) in [5.74, 6) is -6.84. The minimum absolute atomic E-state index is 0.242. The normalized spacial score (nSPS) is 12.0. The number of carbonyl (C=O) groups is 2. The first-order valence-corrected chi connectivity index (χ1v) is 9.83. The fourth-order valence-corrected chi connectivity index (χ4v) is 3.08. The lowest BCUT2D eigenvalue weighted by Crippen LogP contribution is -2.29. The van der Waals surface area contributed by atoms with E-state index >= 15 is 0 Å². The van der Waals surface area contributed by atoms with Crippen LogP contribution in [0.25, 0.3) is 5.69 Å². The number of carboxylic acid groups (broad SMARTS) is 1. The molecule has 0 saturated heterocycles. The van der Waals surface area contributed by atoms with E-state index in [4.69, 9.17) is 21.4 Å². The zero-order chi connectivity index (χ0) is 26.0. The minimum atomic E-state index is -3.37. The van der Waals surface area contributed by atoms with Crippen molar-refractivity contribution < 1.29 is 41.4 Å². The first-order valence-electron chi connectivity index (χ1n) is 9.45. The molecule has 1 amide bonds. The number of nitrogens with one attached hydrogen (secondary N) is 1. The van der Waals surface area contributed by atoms with E-state index in [1.807, 2.05) is 5.32 Å². The largest absolute Gasteiger partial charge is 0.481 e. The molecule has 0 aliphatic rings.